The van der Waals surface area contributed by atoms with Crippen molar-refractivity contribution in [2.24, 2.45) is 46.3 Å². The van der Waals surface area contributed by atoms with Gasteiger partial charge >= 0.3 is 0 Å². The molecule has 1 atom stereocenters. The van der Waals surface area contributed by atoms with Crippen LogP contribution in [-0.2, 0) is 9.59 Å². The molecule has 2 amide bonds. The molecule has 4 nitrogen and oxygen atoms in total. The molecule has 9 aliphatic carbocycles. The van der Waals surface area contributed by atoms with Crippen LogP contribution in [0.25, 0.3) is 0 Å². The van der Waals surface area contributed by atoms with Crippen molar-refractivity contribution in [3.63, 3.8) is 0 Å². The molecule has 0 saturated heterocycles. The predicted molar refractivity (Wildman–Crippen MR) is 123 cm³/mol. The first kappa shape index (κ1) is 19.9. The third-order valence-corrected chi connectivity index (χ3v) is 10.7. The summed E-state index contributed by atoms with van der Waals surface area (Å²) in [5.74, 6) is 5.24. The Morgan fingerprint density at radius 3 is 1.59 bits per heavy atom. The normalized spacial score (nSPS) is 49.8. The fourth-order valence-corrected chi connectivity index (χ4v) is 10.2. The average molecular weight is 435 g/mol. The van der Waals surface area contributed by atoms with E-state index in [-0.39, 0.29) is 22.8 Å². The van der Waals surface area contributed by atoms with Crippen molar-refractivity contribution in [3.8, 4) is 0 Å². The van der Waals surface area contributed by atoms with Crippen molar-refractivity contribution in [2.45, 2.75) is 89.5 Å². The van der Waals surface area contributed by atoms with Gasteiger partial charge in [-0.15, -0.1) is 0 Å². The quantitative estimate of drug-likeness (QED) is 0.664. The molecule has 172 valence electrons. The zero-order chi connectivity index (χ0) is 21.5. The molecule has 0 aromatic rings. The van der Waals surface area contributed by atoms with Gasteiger partial charge in [0, 0.05) is 17.5 Å². The number of nitrogens with one attached hydrogen (secondary N) is 2. The van der Waals surface area contributed by atoms with E-state index in [1.54, 1.807) is 0 Å². The lowest BCUT2D eigenvalue weighted by molar-refractivity contribution is -0.146. The highest BCUT2D eigenvalue weighted by Crippen LogP contribution is 2.61. The highest BCUT2D eigenvalue weighted by molar-refractivity contribution is 5.85. The van der Waals surface area contributed by atoms with E-state index >= 15 is 0 Å². The second-order valence-corrected chi connectivity index (χ2v) is 13.2. The lowest BCUT2D eigenvalue weighted by atomic mass is 9.49. The second-order valence-electron chi connectivity index (χ2n) is 13.2. The minimum absolute atomic E-state index is 0.00664. The maximum atomic E-state index is 13.5. The molecule has 0 aromatic heterocycles. The molecule has 0 heterocycles. The van der Waals surface area contributed by atoms with E-state index in [1.165, 1.54) is 38.5 Å². The van der Waals surface area contributed by atoms with Gasteiger partial charge in [0.15, 0.2) is 0 Å². The molecule has 8 fully saturated rings. The summed E-state index contributed by atoms with van der Waals surface area (Å²) in [6, 6.07) is 0.00664. The molecule has 4 heteroatoms. The zero-order valence-corrected chi connectivity index (χ0v) is 19.3. The Labute approximate surface area is 192 Å². The van der Waals surface area contributed by atoms with Crippen LogP contribution in [0.1, 0.15) is 83.5 Å². The molecule has 8 bridgehead atoms. The van der Waals surface area contributed by atoms with Crippen LogP contribution >= 0.6 is 0 Å². The number of carbonyl (C=O) groups excluding carboxylic acids is 2. The molecule has 0 aromatic carbocycles. The van der Waals surface area contributed by atoms with E-state index in [4.69, 9.17) is 0 Å². The Kier molecular flexibility index (Phi) is 4.32. The number of hydrogen-bond donors (Lipinski definition) is 2. The molecular formula is C28H38N2O2. The van der Waals surface area contributed by atoms with Crippen LogP contribution in [-0.4, -0.2) is 17.9 Å². The van der Waals surface area contributed by atoms with Gasteiger partial charge in [0.1, 0.15) is 0 Å². The van der Waals surface area contributed by atoms with Crippen molar-refractivity contribution < 1.29 is 9.59 Å². The molecule has 9 rings (SSSR count). The van der Waals surface area contributed by atoms with Crippen LogP contribution in [0.4, 0.5) is 0 Å². The second kappa shape index (κ2) is 6.96. The van der Waals surface area contributed by atoms with Gasteiger partial charge in [-0.25, -0.2) is 0 Å². The summed E-state index contributed by atoms with van der Waals surface area (Å²) in [7, 11) is 0. The van der Waals surface area contributed by atoms with Crippen molar-refractivity contribution >= 4 is 11.8 Å². The molecular weight excluding hydrogens is 396 g/mol. The molecule has 9 aliphatic rings. The smallest absolute Gasteiger partial charge is 0.230 e. The lowest BCUT2D eigenvalue weighted by Gasteiger charge is -2.56. The van der Waals surface area contributed by atoms with E-state index in [9.17, 15) is 9.59 Å². The summed E-state index contributed by atoms with van der Waals surface area (Å²) in [4.78, 5) is 26.9. The fourth-order valence-electron chi connectivity index (χ4n) is 10.2. The standard InChI is InChI=1S/C28H38N2O2/c31-25(27-11-17-4-18(12-27)6-19(5-17)13-27)29-23-2-1-3-24(10-23)30-26(32)28-14-20-7-21(15-28)9-22(8-20)16-28/h1-3,17-23H,4-16H2,(H,29,31)(H,30,32). The van der Waals surface area contributed by atoms with Crippen molar-refractivity contribution in [2.75, 3.05) is 0 Å². The Morgan fingerprint density at radius 1 is 0.688 bits per heavy atom. The average Bonchev–Trinajstić information content (AvgIpc) is 2.72. The van der Waals surface area contributed by atoms with Gasteiger partial charge < -0.3 is 10.6 Å². The first-order valence-corrected chi connectivity index (χ1v) is 13.5. The van der Waals surface area contributed by atoms with Crippen molar-refractivity contribution in [1.29, 1.82) is 0 Å². The summed E-state index contributed by atoms with van der Waals surface area (Å²) >= 11 is 0. The Bertz CT molecular complexity index is 829. The van der Waals surface area contributed by atoms with E-state index < -0.39 is 0 Å². The maximum absolute atomic E-state index is 13.5. The minimum Gasteiger partial charge on any atom is -0.349 e. The number of rotatable bonds is 4. The van der Waals surface area contributed by atoms with Crippen LogP contribution in [0.15, 0.2) is 23.9 Å². The monoisotopic (exact) mass is 434 g/mol. The maximum Gasteiger partial charge on any atom is 0.230 e. The summed E-state index contributed by atoms with van der Waals surface area (Å²) < 4.78 is 0. The zero-order valence-electron chi connectivity index (χ0n) is 19.3. The highest BCUT2D eigenvalue weighted by Gasteiger charge is 2.56. The molecule has 0 radical (unpaired) electrons. The first-order valence-electron chi connectivity index (χ1n) is 13.5. The minimum atomic E-state index is -0.116. The molecule has 1 unspecified atom stereocenters. The number of amides is 2. The van der Waals surface area contributed by atoms with Crippen LogP contribution in [0.2, 0.25) is 0 Å². The van der Waals surface area contributed by atoms with Crippen LogP contribution in [0, 0.1) is 46.3 Å². The van der Waals surface area contributed by atoms with Gasteiger partial charge in [0.25, 0.3) is 0 Å². The SMILES string of the molecule is O=C(NC1=CC=CC(NC(=O)C23CC4CC(CC(C4)C2)C3)C1)C12CC3CC(CC(C3)C1)C2. The van der Waals surface area contributed by atoms with Gasteiger partial charge in [-0.2, -0.15) is 0 Å². The molecule has 0 spiro atoms. The van der Waals surface area contributed by atoms with Crippen LogP contribution < -0.4 is 10.6 Å². The largest absolute Gasteiger partial charge is 0.349 e. The molecule has 32 heavy (non-hydrogen) atoms. The van der Waals surface area contributed by atoms with Crippen LogP contribution in [0.5, 0.6) is 0 Å². The number of allylic oxidation sites excluding steroid dienone is 2. The summed E-state index contributed by atoms with van der Waals surface area (Å²) in [6.07, 6.45) is 21.7. The van der Waals surface area contributed by atoms with E-state index in [1.807, 2.05) is 12.2 Å². The topological polar surface area (TPSA) is 58.2 Å². The predicted octanol–water partition coefficient (Wildman–Crippen LogP) is 4.86. The van der Waals surface area contributed by atoms with E-state index in [2.05, 4.69) is 16.7 Å². The van der Waals surface area contributed by atoms with Gasteiger partial charge in [-0.3, -0.25) is 9.59 Å². The van der Waals surface area contributed by atoms with Gasteiger partial charge in [-0.05, 0) is 119 Å². The van der Waals surface area contributed by atoms with Gasteiger partial charge in [0.05, 0.1) is 11.5 Å². The summed E-state index contributed by atoms with van der Waals surface area (Å²) in [6.45, 7) is 0. The first-order chi connectivity index (χ1) is 15.5. The highest BCUT2D eigenvalue weighted by atomic mass is 16.2. The van der Waals surface area contributed by atoms with Gasteiger partial charge in [0.2, 0.25) is 11.8 Å². The van der Waals surface area contributed by atoms with Crippen LogP contribution in [0.3, 0.4) is 0 Å². The number of carbonyl (C=O) groups is 2. The third-order valence-electron chi connectivity index (χ3n) is 10.7. The van der Waals surface area contributed by atoms with E-state index in [0.717, 1.165) is 79.7 Å². The Hall–Kier alpha value is -1.58. The Balaban J connectivity index is 1.00. The molecule has 2 N–H and O–H groups in total. The van der Waals surface area contributed by atoms with Gasteiger partial charge in [-0.1, -0.05) is 12.2 Å². The molecule has 8 saturated carbocycles. The van der Waals surface area contributed by atoms with Crippen molar-refractivity contribution in [1.82, 2.24) is 10.6 Å². The van der Waals surface area contributed by atoms with E-state index in [0.29, 0.717) is 12.3 Å². The molecule has 0 aliphatic heterocycles. The summed E-state index contributed by atoms with van der Waals surface area (Å²) in [5, 5.41) is 6.73. The Morgan fingerprint density at radius 2 is 1.12 bits per heavy atom. The number of hydrogen-bond acceptors (Lipinski definition) is 2. The summed E-state index contributed by atoms with van der Waals surface area (Å²) in [5.41, 5.74) is 0.769. The lowest BCUT2D eigenvalue weighted by Crippen LogP contribution is -2.55. The van der Waals surface area contributed by atoms with Crippen molar-refractivity contribution in [3.05, 3.63) is 23.9 Å². The third kappa shape index (κ3) is 3.15. The fraction of sp³-hybridized carbons (Fsp3) is 0.786.